The molecule has 1 aliphatic carbocycles. The Morgan fingerprint density at radius 3 is 2.35 bits per heavy atom. The first-order valence-corrected chi connectivity index (χ1v) is 8.39. The van der Waals surface area contributed by atoms with Crippen molar-refractivity contribution in [2.24, 2.45) is 0 Å². The molecule has 0 aromatic rings. The van der Waals surface area contributed by atoms with Crippen molar-refractivity contribution >= 4 is 15.7 Å². The maximum atomic E-state index is 11.9. The smallest absolute Gasteiger partial charge is 0.222 e. The van der Waals surface area contributed by atoms with Crippen LogP contribution in [0.15, 0.2) is 0 Å². The molecule has 0 aromatic heterocycles. The van der Waals surface area contributed by atoms with Crippen LogP contribution in [0.2, 0.25) is 0 Å². The molecule has 0 aromatic carbocycles. The Bertz CT molecular complexity index is 345. The third-order valence-electron chi connectivity index (χ3n) is 3.42. The zero-order valence-corrected chi connectivity index (χ0v) is 11.6. The van der Waals surface area contributed by atoms with Crippen LogP contribution in [0.5, 0.6) is 0 Å². The molecule has 0 unspecified atom stereocenters. The van der Waals surface area contributed by atoms with E-state index in [1.54, 1.807) is 0 Å². The largest absolute Gasteiger partial charge is 0.343 e. The predicted molar refractivity (Wildman–Crippen MR) is 68.6 cm³/mol. The van der Waals surface area contributed by atoms with Crippen LogP contribution >= 0.6 is 0 Å². The topological polar surface area (TPSA) is 54.5 Å². The molecule has 0 atom stereocenters. The van der Waals surface area contributed by atoms with Gasteiger partial charge >= 0.3 is 0 Å². The highest BCUT2D eigenvalue weighted by atomic mass is 32.2. The molecule has 4 nitrogen and oxygen atoms in total. The number of hydrogen-bond acceptors (Lipinski definition) is 3. The van der Waals surface area contributed by atoms with Gasteiger partial charge in [-0.2, -0.15) is 0 Å². The maximum Gasteiger partial charge on any atom is 0.222 e. The summed E-state index contributed by atoms with van der Waals surface area (Å²) in [6.07, 6.45) is 7.85. The van der Waals surface area contributed by atoms with Gasteiger partial charge in [-0.1, -0.05) is 19.3 Å². The van der Waals surface area contributed by atoms with Crippen molar-refractivity contribution in [1.29, 1.82) is 0 Å². The van der Waals surface area contributed by atoms with Gasteiger partial charge < -0.3 is 4.90 Å². The van der Waals surface area contributed by atoms with Crippen LogP contribution in [0.3, 0.4) is 0 Å². The molecule has 0 spiro atoms. The third-order valence-corrected chi connectivity index (χ3v) is 4.45. The Labute approximate surface area is 104 Å². The summed E-state index contributed by atoms with van der Waals surface area (Å²) in [4.78, 5) is 13.7. The van der Waals surface area contributed by atoms with E-state index in [-0.39, 0.29) is 11.7 Å². The molecule has 1 rings (SSSR count). The number of rotatable bonds is 5. The Balaban J connectivity index is 2.31. The number of amides is 1. The molecule has 0 heterocycles. The van der Waals surface area contributed by atoms with Crippen LogP contribution in [0.25, 0.3) is 0 Å². The number of sulfone groups is 1. The zero-order chi connectivity index (χ0) is 12.9. The average molecular weight is 261 g/mol. The van der Waals surface area contributed by atoms with Gasteiger partial charge in [0.25, 0.3) is 0 Å². The van der Waals surface area contributed by atoms with Gasteiger partial charge in [-0.15, -0.1) is 0 Å². The van der Waals surface area contributed by atoms with Gasteiger partial charge in [0.1, 0.15) is 9.84 Å². The van der Waals surface area contributed by atoms with Crippen molar-refractivity contribution in [2.45, 2.75) is 51.0 Å². The lowest BCUT2D eigenvalue weighted by atomic mass is 9.94. The van der Waals surface area contributed by atoms with E-state index in [0.29, 0.717) is 18.9 Å². The van der Waals surface area contributed by atoms with E-state index >= 15 is 0 Å². The Kier molecular flexibility index (Phi) is 5.43. The van der Waals surface area contributed by atoms with Crippen molar-refractivity contribution in [3.05, 3.63) is 0 Å². The third kappa shape index (κ3) is 5.52. The molecule has 0 bridgehead atoms. The summed E-state index contributed by atoms with van der Waals surface area (Å²) in [5.74, 6) is 0.192. The lowest BCUT2D eigenvalue weighted by Gasteiger charge is -2.31. The Morgan fingerprint density at radius 2 is 1.82 bits per heavy atom. The van der Waals surface area contributed by atoms with E-state index in [0.717, 1.165) is 12.8 Å². The summed E-state index contributed by atoms with van der Waals surface area (Å²) in [6.45, 7) is 0. The second-order valence-electron chi connectivity index (χ2n) is 5.03. The Morgan fingerprint density at radius 1 is 1.24 bits per heavy atom. The monoisotopic (exact) mass is 261 g/mol. The fraction of sp³-hybridized carbons (Fsp3) is 0.917. The Hall–Kier alpha value is -0.580. The van der Waals surface area contributed by atoms with Crippen molar-refractivity contribution < 1.29 is 13.2 Å². The molecule has 0 saturated heterocycles. The predicted octanol–water partition coefficient (Wildman–Crippen LogP) is 1.60. The molecule has 5 heteroatoms. The SMILES string of the molecule is CN(C(=O)CCCS(C)(=O)=O)C1CCCCC1. The quantitative estimate of drug-likeness (QED) is 0.755. The first kappa shape index (κ1) is 14.5. The highest BCUT2D eigenvalue weighted by Crippen LogP contribution is 2.22. The second kappa shape index (κ2) is 6.38. The molecule has 17 heavy (non-hydrogen) atoms. The molecule has 1 aliphatic rings. The number of carbonyl (C=O) groups is 1. The molecule has 0 N–H and O–H groups in total. The summed E-state index contributed by atoms with van der Waals surface area (Å²) in [7, 11) is -1.10. The molecule has 100 valence electrons. The summed E-state index contributed by atoms with van der Waals surface area (Å²) >= 11 is 0. The van der Waals surface area contributed by atoms with Crippen LogP contribution in [-0.2, 0) is 14.6 Å². The number of nitrogens with zero attached hydrogens (tertiary/aromatic N) is 1. The van der Waals surface area contributed by atoms with Gasteiger partial charge in [0.05, 0.1) is 5.75 Å². The van der Waals surface area contributed by atoms with Crippen LogP contribution in [0.4, 0.5) is 0 Å². The second-order valence-corrected chi connectivity index (χ2v) is 7.29. The van der Waals surface area contributed by atoms with Crippen molar-refractivity contribution in [1.82, 2.24) is 4.90 Å². The van der Waals surface area contributed by atoms with Gasteiger partial charge in [-0.25, -0.2) is 8.42 Å². The number of carbonyl (C=O) groups excluding carboxylic acids is 1. The van der Waals surface area contributed by atoms with E-state index < -0.39 is 9.84 Å². The maximum absolute atomic E-state index is 11.9. The molecule has 1 saturated carbocycles. The van der Waals surface area contributed by atoms with Crippen molar-refractivity contribution in [3.8, 4) is 0 Å². The molecule has 0 aliphatic heterocycles. The van der Waals surface area contributed by atoms with Gasteiger partial charge in [0.2, 0.25) is 5.91 Å². The highest BCUT2D eigenvalue weighted by molar-refractivity contribution is 7.90. The van der Waals surface area contributed by atoms with E-state index in [1.807, 2.05) is 11.9 Å². The molecular weight excluding hydrogens is 238 g/mol. The van der Waals surface area contributed by atoms with E-state index in [4.69, 9.17) is 0 Å². The minimum absolute atomic E-state index is 0.0838. The van der Waals surface area contributed by atoms with Gasteiger partial charge in [0, 0.05) is 25.8 Å². The first-order chi connectivity index (χ1) is 7.90. The molecule has 0 radical (unpaired) electrons. The van der Waals surface area contributed by atoms with Gasteiger partial charge in [-0.3, -0.25) is 4.79 Å². The van der Waals surface area contributed by atoms with E-state index in [9.17, 15) is 13.2 Å². The van der Waals surface area contributed by atoms with Crippen LogP contribution in [0, 0.1) is 0 Å². The van der Waals surface area contributed by atoms with Crippen LogP contribution in [-0.4, -0.2) is 44.3 Å². The van der Waals surface area contributed by atoms with Crippen molar-refractivity contribution in [2.75, 3.05) is 19.1 Å². The van der Waals surface area contributed by atoms with Gasteiger partial charge in [-0.05, 0) is 19.3 Å². The van der Waals surface area contributed by atoms with E-state index in [1.165, 1.54) is 25.5 Å². The average Bonchev–Trinajstić information content (AvgIpc) is 2.27. The van der Waals surface area contributed by atoms with E-state index in [2.05, 4.69) is 0 Å². The molecular formula is C12H23NO3S. The highest BCUT2D eigenvalue weighted by Gasteiger charge is 2.21. The van der Waals surface area contributed by atoms with Crippen molar-refractivity contribution in [3.63, 3.8) is 0 Å². The van der Waals surface area contributed by atoms with Crippen LogP contribution < -0.4 is 0 Å². The minimum Gasteiger partial charge on any atom is -0.343 e. The molecule has 1 fully saturated rings. The number of hydrogen-bond donors (Lipinski definition) is 0. The normalized spacial score (nSPS) is 18.0. The van der Waals surface area contributed by atoms with Gasteiger partial charge in [0.15, 0.2) is 0 Å². The lowest BCUT2D eigenvalue weighted by molar-refractivity contribution is -0.132. The standard InChI is InChI=1S/C12H23NO3S/c1-13(11-7-4-3-5-8-11)12(14)9-6-10-17(2,15)16/h11H,3-10H2,1-2H3. The summed E-state index contributed by atoms with van der Waals surface area (Å²) in [5, 5.41) is 0. The zero-order valence-electron chi connectivity index (χ0n) is 10.8. The fourth-order valence-corrected chi connectivity index (χ4v) is 3.00. The fourth-order valence-electron chi connectivity index (χ4n) is 2.33. The summed E-state index contributed by atoms with van der Waals surface area (Å²) in [5.41, 5.74) is 0. The minimum atomic E-state index is -2.94. The first-order valence-electron chi connectivity index (χ1n) is 6.33. The summed E-state index contributed by atoms with van der Waals surface area (Å²) in [6, 6.07) is 0.370. The summed E-state index contributed by atoms with van der Waals surface area (Å²) < 4.78 is 21.9. The van der Waals surface area contributed by atoms with Crippen LogP contribution in [0.1, 0.15) is 44.9 Å². The lowest BCUT2D eigenvalue weighted by Crippen LogP contribution is -2.38. The molecule has 1 amide bonds.